The molecule has 0 saturated heterocycles. The first-order valence-electron chi connectivity index (χ1n) is 8.83. The van der Waals surface area contributed by atoms with Crippen molar-refractivity contribution in [1.29, 1.82) is 0 Å². The SMILES string of the molecule is CCOc1ccc(C(=O)N(CC)CC)cc1COc1cccc(C)c1. The number of nitrogens with zero attached hydrogens (tertiary/aromatic N) is 1. The molecule has 0 spiro atoms. The predicted molar refractivity (Wildman–Crippen MR) is 100 cm³/mol. The number of carbonyl (C=O) groups is 1. The van der Waals surface area contributed by atoms with Gasteiger partial charge >= 0.3 is 0 Å². The average Bonchev–Trinajstić information content (AvgIpc) is 2.62. The van der Waals surface area contributed by atoms with E-state index in [9.17, 15) is 4.79 Å². The highest BCUT2D eigenvalue weighted by molar-refractivity contribution is 5.94. The molecule has 0 fully saturated rings. The molecule has 0 aliphatic carbocycles. The Morgan fingerprint density at radius 1 is 1.00 bits per heavy atom. The van der Waals surface area contributed by atoms with Crippen LogP contribution in [0.2, 0.25) is 0 Å². The smallest absolute Gasteiger partial charge is 0.253 e. The Kier molecular flexibility index (Phi) is 6.87. The van der Waals surface area contributed by atoms with Crippen LogP contribution in [0, 0.1) is 6.92 Å². The van der Waals surface area contributed by atoms with Crippen molar-refractivity contribution in [3.63, 3.8) is 0 Å². The molecule has 0 atom stereocenters. The zero-order valence-electron chi connectivity index (χ0n) is 15.5. The van der Waals surface area contributed by atoms with Crippen LogP contribution in [-0.4, -0.2) is 30.5 Å². The molecule has 2 aromatic rings. The molecule has 0 radical (unpaired) electrons. The lowest BCUT2D eigenvalue weighted by Crippen LogP contribution is -2.30. The topological polar surface area (TPSA) is 38.8 Å². The van der Waals surface area contributed by atoms with E-state index in [1.807, 2.05) is 70.2 Å². The maximum absolute atomic E-state index is 12.6. The zero-order valence-corrected chi connectivity index (χ0v) is 15.5. The minimum absolute atomic E-state index is 0.0323. The standard InChI is InChI=1S/C21H27NO3/c1-5-22(6-2)21(23)17-11-12-20(24-7-3)18(14-17)15-25-19-10-8-9-16(4)13-19/h8-14H,5-7,15H2,1-4H3. The molecule has 2 aromatic carbocycles. The number of hydrogen-bond donors (Lipinski definition) is 0. The van der Waals surface area contributed by atoms with Crippen molar-refractivity contribution in [3.8, 4) is 11.5 Å². The summed E-state index contributed by atoms with van der Waals surface area (Å²) >= 11 is 0. The van der Waals surface area contributed by atoms with Gasteiger partial charge in [-0.25, -0.2) is 0 Å². The summed E-state index contributed by atoms with van der Waals surface area (Å²) in [6, 6.07) is 13.5. The molecule has 0 N–H and O–H groups in total. The van der Waals surface area contributed by atoms with Gasteiger partial charge in [0.1, 0.15) is 18.1 Å². The Balaban J connectivity index is 2.23. The number of rotatable bonds is 8. The van der Waals surface area contributed by atoms with Crippen molar-refractivity contribution < 1.29 is 14.3 Å². The molecule has 0 aliphatic heterocycles. The third-order valence-electron chi connectivity index (χ3n) is 4.04. The van der Waals surface area contributed by atoms with E-state index < -0.39 is 0 Å². The second-order valence-corrected chi connectivity index (χ2v) is 5.84. The van der Waals surface area contributed by atoms with Crippen molar-refractivity contribution in [2.75, 3.05) is 19.7 Å². The third kappa shape index (κ3) is 4.99. The van der Waals surface area contributed by atoms with Gasteiger partial charge in [0.25, 0.3) is 5.91 Å². The summed E-state index contributed by atoms with van der Waals surface area (Å²) in [7, 11) is 0. The summed E-state index contributed by atoms with van der Waals surface area (Å²) in [6.07, 6.45) is 0. The van der Waals surface area contributed by atoms with Crippen molar-refractivity contribution in [3.05, 3.63) is 59.2 Å². The molecule has 0 saturated carbocycles. The summed E-state index contributed by atoms with van der Waals surface area (Å²) < 4.78 is 11.6. The van der Waals surface area contributed by atoms with Crippen molar-refractivity contribution in [1.82, 2.24) is 4.90 Å². The fraction of sp³-hybridized carbons (Fsp3) is 0.381. The van der Waals surface area contributed by atoms with Crippen LogP contribution in [0.5, 0.6) is 11.5 Å². The highest BCUT2D eigenvalue weighted by atomic mass is 16.5. The van der Waals surface area contributed by atoms with E-state index in [4.69, 9.17) is 9.47 Å². The Bertz CT molecular complexity index is 708. The van der Waals surface area contributed by atoms with E-state index in [1.165, 1.54) is 0 Å². The Hall–Kier alpha value is -2.49. The molecule has 25 heavy (non-hydrogen) atoms. The van der Waals surface area contributed by atoms with E-state index in [2.05, 4.69) is 0 Å². The van der Waals surface area contributed by atoms with Crippen LogP contribution in [0.25, 0.3) is 0 Å². The van der Waals surface area contributed by atoms with E-state index >= 15 is 0 Å². The molecule has 0 aromatic heterocycles. The molecule has 0 bridgehead atoms. The Labute approximate surface area is 150 Å². The maximum Gasteiger partial charge on any atom is 0.253 e. The van der Waals surface area contributed by atoms with Crippen LogP contribution in [-0.2, 0) is 6.61 Å². The van der Waals surface area contributed by atoms with Gasteiger partial charge in [0.2, 0.25) is 0 Å². The van der Waals surface area contributed by atoms with E-state index in [0.29, 0.717) is 31.9 Å². The largest absolute Gasteiger partial charge is 0.493 e. The maximum atomic E-state index is 12.6. The van der Waals surface area contributed by atoms with Crippen molar-refractivity contribution in [2.24, 2.45) is 0 Å². The van der Waals surface area contributed by atoms with Crippen LogP contribution in [0.4, 0.5) is 0 Å². The number of benzene rings is 2. The zero-order chi connectivity index (χ0) is 18.2. The Morgan fingerprint density at radius 3 is 2.40 bits per heavy atom. The molecule has 1 amide bonds. The first-order chi connectivity index (χ1) is 12.1. The molecule has 2 rings (SSSR count). The number of aryl methyl sites for hydroxylation is 1. The van der Waals surface area contributed by atoms with E-state index in [-0.39, 0.29) is 5.91 Å². The summed E-state index contributed by atoms with van der Waals surface area (Å²) in [5, 5.41) is 0. The van der Waals surface area contributed by atoms with Crippen LogP contribution in [0.3, 0.4) is 0 Å². The quantitative estimate of drug-likeness (QED) is 0.712. The summed E-state index contributed by atoms with van der Waals surface area (Å²) in [4.78, 5) is 14.4. The number of ether oxygens (including phenoxy) is 2. The lowest BCUT2D eigenvalue weighted by Gasteiger charge is -2.20. The second kappa shape index (κ2) is 9.11. The van der Waals surface area contributed by atoms with Crippen LogP contribution in [0.1, 0.15) is 42.3 Å². The molecule has 4 heteroatoms. The van der Waals surface area contributed by atoms with Gasteiger partial charge in [0.05, 0.1) is 6.61 Å². The first-order valence-corrected chi connectivity index (χ1v) is 8.83. The van der Waals surface area contributed by atoms with Gasteiger partial charge in [-0.05, 0) is 63.6 Å². The Morgan fingerprint density at radius 2 is 1.76 bits per heavy atom. The molecular weight excluding hydrogens is 314 g/mol. The number of amides is 1. The second-order valence-electron chi connectivity index (χ2n) is 5.84. The molecule has 4 nitrogen and oxygen atoms in total. The van der Waals surface area contributed by atoms with Gasteiger partial charge in [0, 0.05) is 24.2 Å². The van der Waals surface area contributed by atoms with Crippen LogP contribution < -0.4 is 9.47 Å². The van der Waals surface area contributed by atoms with Crippen LogP contribution >= 0.6 is 0 Å². The summed E-state index contributed by atoms with van der Waals surface area (Å²) in [6.45, 7) is 10.3. The van der Waals surface area contributed by atoms with E-state index in [1.54, 1.807) is 4.90 Å². The molecule has 134 valence electrons. The highest BCUT2D eigenvalue weighted by Crippen LogP contribution is 2.24. The minimum Gasteiger partial charge on any atom is -0.493 e. The van der Waals surface area contributed by atoms with Crippen molar-refractivity contribution >= 4 is 5.91 Å². The van der Waals surface area contributed by atoms with Gasteiger partial charge < -0.3 is 14.4 Å². The van der Waals surface area contributed by atoms with Gasteiger partial charge in [-0.3, -0.25) is 4.79 Å². The van der Waals surface area contributed by atoms with Gasteiger partial charge in [0.15, 0.2) is 0 Å². The van der Waals surface area contributed by atoms with Gasteiger partial charge in [-0.1, -0.05) is 12.1 Å². The lowest BCUT2D eigenvalue weighted by atomic mass is 10.1. The lowest BCUT2D eigenvalue weighted by molar-refractivity contribution is 0.0772. The van der Waals surface area contributed by atoms with E-state index in [0.717, 1.165) is 22.6 Å². The molecule has 0 heterocycles. The van der Waals surface area contributed by atoms with Gasteiger partial charge in [-0.15, -0.1) is 0 Å². The molecule has 0 unspecified atom stereocenters. The normalized spacial score (nSPS) is 10.4. The number of carbonyl (C=O) groups excluding carboxylic acids is 1. The fourth-order valence-corrected chi connectivity index (χ4v) is 2.68. The fourth-order valence-electron chi connectivity index (χ4n) is 2.68. The number of hydrogen-bond acceptors (Lipinski definition) is 3. The predicted octanol–water partition coefficient (Wildman–Crippen LogP) is 4.45. The highest BCUT2D eigenvalue weighted by Gasteiger charge is 2.15. The molecular formula is C21H27NO3. The summed E-state index contributed by atoms with van der Waals surface area (Å²) in [5.74, 6) is 1.60. The average molecular weight is 341 g/mol. The van der Waals surface area contributed by atoms with Gasteiger partial charge in [-0.2, -0.15) is 0 Å². The summed E-state index contributed by atoms with van der Waals surface area (Å²) in [5.41, 5.74) is 2.68. The first kappa shape index (κ1) is 18.8. The third-order valence-corrected chi connectivity index (χ3v) is 4.04. The molecule has 0 aliphatic rings. The van der Waals surface area contributed by atoms with Crippen molar-refractivity contribution in [2.45, 2.75) is 34.3 Å². The minimum atomic E-state index is 0.0323. The van der Waals surface area contributed by atoms with Crippen LogP contribution in [0.15, 0.2) is 42.5 Å². The monoisotopic (exact) mass is 341 g/mol.